The second kappa shape index (κ2) is 6.38. The van der Waals surface area contributed by atoms with Gasteiger partial charge < -0.3 is 0 Å². The Morgan fingerprint density at radius 2 is 1.81 bits per heavy atom. The molecule has 1 aromatic carbocycles. The van der Waals surface area contributed by atoms with Crippen LogP contribution in [0.3, 0.4) is 0 Å². The van der Waals surface area contributed by atoms with Crippen LogP contribution >= 0.6 is 22.9 Å². The van der Waals surface area contributed by atoms with Crippen LogP contribution in [-0.4, -0.2) is 15.0 Å². The van der Waals surface area contributed by atoms with Crippen LogP contribution < -0.4 is 4.31 Å². The Morgan fingerprint density at radius 1 is 1.19 bits per heavy atom. The van der Waals surface area contributed by atoms with Crippen molar-refractivity contribution in [2.75, 3.05) is 10.8 Å². The first-order valence-corrected chi connectivity index (χ1v) is 9.44. The van der Waals surface area contributed by atoms with E-state index in [1.165, 1.54) is 15.6 Å². The molecular weight excluding hydrogens is 326 g/mol. The van der Waals surface area contributed by atoms with Crippen LogP contribution in [0.4, 0.5) is 5.69 Å². The number of hydrogen-bond donors (Lipinski definition) is 0. The molecule has 0 aliphatic rings. The van der Waals surface area contributed by atoms with Crippen LogP contribution in [0.1, 0.15) is 22.2 Å². The Hall–Kier alpha value is -1.04. The fourth-order valence-electron chi connectivity index (χ4n) is 2.17. The lowest BCUT2D eigenvalue weighted by atomic mass is 10.2. The predicted octanol–water partition coefficient (Wildman–Crippen LogP) is 4.32. The van der Waals surface area contributed by atoms with Crippen LogP contribution in [-0.2, 0) is 15.9 Å². The Bertz CT molecular complexity index is 721. The average molecular weight is 344 g/mol. The lowest BCUT2D eigenvalue weighted by Gasteiger charge is -2.23. The first-order chi connectivity index (χ1) is 9.90. The van der Waals surface area contributed by atoms with E-state index in [2.05, 4.69) is 0 Å². The van der Waals surface area contributed by atoms with E-state index in [9.17, 15) is 8.42 Å². The van der Waals surface area contributed by atoms with Crippen molar-refractivity contribution in [3.63, 3.8) is 0 Å². The molecule has 0 spiro atoms. The van der Waals surface area contributed by atoms with Crippen molar-refractivity contribution in [1.29, 1.82) is 0 Å². The maximum Gasteiger partial charge on any atom is 0.265 e. The topological polar surface area (TPSA) is 37.4 Å². The number of alkyl halides is 1. The van der Waals surface area contributed by atoms with Crippen molar-refractivity contribution in [3.05, 3.63) is 45.6 Å². The average Bonchev–Trinajstić information content (AvgIpc) is 2.83. The molecule has 0 saturated carbocycles. The largest absolute Gasteiger partial charge is 0.267 e. The number of benzene rings is 1. The van der Waals surface area contributed by atoms with Crippen LogP contribution in [0.25, 0.3) is 0 Å². The highest BCUT2D eigenvalue weighted by Gasteiger charge is 2.27. The van der Waals surface area contributed by atoms with Gasteiger partial charge in [0.15, 0.2) is 0 Å². The molecule has 0 atom stereocenters. The molecule has 114 valence electrons. The fraction of sp³-hybridized carbons (Fsp3) is 0.333. The van der Waals surface area contributed by atoms with Gasteiger partial charge in [0, 0.05) is 16.3 Å². The monoisotopic (exact) mass is 343 g/mol. The molecule has 21 heavy (non-hydrogen) atoms. The zero-order valence-corrected chi connectivity index (χ0v) is 14.6. The highest BCUT2D eigenvalue weighted by atomic mass is 35.5. The normalized spacial score (nSPS) is 11.6. The van der Waals surface area contributed by atoms with Crippen molar-refractivity contribution < 1.29 is 8.42 Å². The molecule has 2 aromatic rings. The van der Waals surface area contributed by atoms with E-state index in [1.807, 2.05) is 45.0 Å². The number of nitrogens with zero attached hydrogens (tertiary/aromatic N) is 1. The summed E-state index contributed by atoms with van der Waals surface area (Å²) in [6.07, 6.45) is 0. The molecule has 0 unspecified atom stereocenters. The van der Waals surface area contributed by atoms with Gasteiger partial charge in [0.1, 0.15) is 4.90 Å². The van der Waals surface area contributed by atoms with Crippen molar-refractivity contribution in [1.82, 2.24) is 0 Å². The number of aryl methyl sites for hydroxylation is 2. The lowest BCUT2D eigenvalue weighted by Crippen LogP contribution is -2.30. The Labute approximate surface area is 135 Å². The SMILES string of the molecule is CCN(c1ccc(C)cc1)S(=O)(=O)c1cc(CCl)sc1C. The molecule has 0 N–H and O–H groups in total. The highest BCUT2D eigenvalue weighted by Crippen LogP contribution is 2.31. The van der Waals surface area contributed by atoms with Crippen molar-refractivity contribution in [2.45, 2.75) is 31.5 Å². The second-order valence-corrected chi connectivity index (χ2v) is 8.21. The minimum atomic E-state index is -3.55. The van der Waals surface area contributed by atoms with Gasteiger partial charge in [-0.3, -0.25) is 4.31 Å². The second-order valence-electron chi connectivity index (χ2n) is 4.77. The standard InChI is InChI=1S/C15H18ClNO2S2/c1-4-17(13-7-5-11(2)6-8-13)21(18,19)15-9-14(10-16)20-12(15)3/h5-9H,4,10H2,1-3H3. The molecular formula is C15H18ClNO2S2. The molecule has 0 aliphatic heterocycles. The van der Waals surface area contributed by atoms with Crippen molar-refractivity contribution in [2.24, 2.45) is 0 Å². The summed E-state index contributed by atoms with van der Waals surface area (Å²) in [5.74, 6) is 0.331. The van der Waals surface area contributed by atoms with Gasteiger partial charge in [-0.25, -0.2) is 8.42 Å². The maximum absolute atomic E-state index is 12.9. The van der Waals surface area contributed by atoms with E-state index in [0.29, 0.717) is 23.0 Å². The van der Waals surface area contributed by atoms with Crippen molar-refractivity contribution in [3.8, 4) is 0 Å². The van der Waals surface area contributed by atoms with Gasteiger partial charge in [-0.15, -0.1) is 22.9 Å². The number of rotatable bonds is 5. The zero-order valence-electron chi connectivity index (χ0n) is 12.3. The molecule has 1 heterocycles. The molecule has 2 rings (SSSR count). The first-order valence-electron chi connectivity index (χ1n) is 6.64. The number of thiophene rings is 1. The number of sulfonamides is 1. The minimum Gasteiger partial charge on any atom is -0.267 e. The molecule has 0 bridgehead atoms. The van der Waals surface area contributed by atoms with Crippen LogP contribution in [0, 0.1) is 13.8 Å². The van der Waals surface area contributed by atoms with E-state index in [1.54, 1.807) is 6.07 Å². The number of halogens is 1. The van der Waals surface area contributed by atoms with Crippen LogP contribution in [0.15, 0.2) is 35.2 Å². The lowest BCUT2D eigenvalue weighted by molar-refractivity contribution is 0.591. The van der Waals surface area contributed by atoms with E-state index < -0.39 is 10.0 Å². The smallest absolute Gasteiger partial charge is 0.265 e. The minimum absolute atomic E-state index is 0.331. The molecule has 0 amide bonds. The van der Waals surface area contributed by atoms with Gasteiger partial charge in [0.05, 0.1) is 11.6 Å². The van der Waals surface area contributed by atoms with E-state index >= 15 is 0 Å². The van der Waals surface area contributed by atoms with Gasteiger partial charge in [0.25, 0.3) is 10.0 Å². The Balaban J connectivity index is 2.49. The number of anilines is 1. The molecule has 6 heteroatoms. The third-order valence-electron chi connectivity index (χ3n) is 3.23. The molecule has 0 fully saturated rings. The summed E-state index contributed by atoms with van der Waals surface area (Å²) in [5.41, 5.74) is 1.78. The van der Waals surface area contributed by atoms with Gasteiger partial charge in [-0.2, -0.15) is 0 Å². The van der Waals surface area contributed by atoms with E-state index in [4.69, 9.17) is 11.6 Å². The molecule has 3 nitrogen and oxygen atoms in total. The Morgan fingerprint density at radius 3 is 2.29 bits per heavy atom. The van der Waals surface area contributed by atoms with Crippen molar-refractivity contribution >= 4 is 38.6 Å². The van der Waals surface area contributed by atoms with Gasteiger partial charge in [-0.05, 0) is 39.0 Å². The molecule has 0 saturated heterocycles. The number of hydrogen-bond acceptors (Lipinski definition) is 3. The summed E-state index contributed by atoms with van der Waals surface area (Å²) >= 11 is 7.24. The summed E-state index contributed by atoms with van der Waals surface area (Å²) in [4.78, 5) is 1.99. The van der Waals surface area contributed by atoms with Crippen LogP contribution in [0.5, 0.6) is 0 Å². The zero-order chi connectivity index (χ0) is 15.6. The molecule has 0 radical (unpaired) electrons. The third kappa shape index (κ3) is 3.25. The predicted molar refractivity (Wildman–Crippen MR) is 90.0 cm³/mol. The summed E-state index contributed by atoms with van der Waals surface area (Å²) in [7, 11) is -3.55. The van der Waals surface area contributed by atoms with Gasteiger partial charge in [0.2, 0.25) is 0 Å². The highest BCUT2D eigenvalue weighted by molar-refractivity contribution is 7.93. The summed E-state index contributed by atoms with van der Waals surface area (Å²) in [6.45, 7) is 6.01. The van der Waals surface area contributed by atoms with Gasteiger partial charge in [-0.1, -0.05) is 17.7 Å². The molecule has 0 aliphatic carbocycles. The summed E-state index contributed by atoms with van der Waals surface area (Å²) in [5, 5.41) is 0. The fourth-order valence-corrected chi connectivity index (χ4v) is 5.34. The first kappa shape index (κ1) is 16.3. The third-order valence-corrected chi connectivity index (χ3v) is 6.89. The van der Waals surface area contributed by atoms with E-state index in [-0.39, 0.29) is 0 Å². The van der Waals surface area contributed by atoms with Crippen LogP contribution in [0.2, 0.25) is 0 Å². The summed E-state index contributed by atoms with van der Waals surface area (Å²) < 4.78 is 27.2. The summed E-state index contributed by atoms with van der Waals surface area (Å²) in [6, 6.07) is 9.18. The Kier molecular flexibility index (Phi) is 4.96. The van der Waals surface area contributed by atoms with E-state index in [0.717, 1.165) is 15.3 Å². The van der Waals surface area contributed by atoms with Gasteiger partial charge >= 0.3 is 0 Å². The maximum atomic E-state index is 12.9. The molecule has 1 aromatic heterocycles. The quantitative estimate of drug-likeness (QED) is 0.758.